The van der Waals surface area contributed by atoms with Gasteiger partial charge in [-0.1, -0.05) is 0 Å². The first-order valence-corrected chi connectivity index (χ1v) is 6.31. The normalized spacial score (nSPS) is 14.0. The molecule has 21 heavy (non-hydrogen) atoms. The summed E-state index contributed by atoms with van der Waals surface area (Å²) < 4.78 is 13.6. The van der Waals surface area contributed by atoms with Crippen LogP contribution in [-0.4, -0.2) is 32.2 Å². The summed E-state index contributed by atoms with van der Waals surface area (Å²) >= 11 is 0. The molecule has 0 radical (unpaired) electrons. The summed E-state index contributed by atoms with van der Waals surface area (Å²) in [5, 5.41) is 17.6. The van der Waals surface area contributed by atoms with Crippen molar-refractivity contribution in [3.8, 4) is 0 Å². The van der Waals surface area contributed by atoms with Crippen LogP contribution in [0.25, 0.3) is 0 Å². The van der Waals surface area contributed by atoms with E-state index in [2.05, 4.69) is 20.5 Å². The van der Waals surface area contributed by atoms with Crippen LogP contribution < -0.4 is 5.32 Å². The van der Waals surface area contributed by atoms with Crippen molar-refractivity contribution in [3.05, 3.63) is 41.2 Å². The topological polar surface area (TPSA) is 108 Å². The van der Waals surface area contributed by atoms with E-state index in [9.17, 15) is 14.0 Å². The second-order valence-electron chi connectivity index (χ2n) is 4.77. The number of carbonyl (C=O) groups is 2. The van der Waals surface area contributed by atoms with Crippen LogP contribution in [-0.2, 0) is 0 Å². The number of carboxylic acid groups (broad SMARTS) is 1. The van der Waals surface area contributed by atoms with Crippen LogP contribution in [0.15, 0.2) is 18.2 Å². The standard InChI is InChI=1S/C13H11FN4O3/c14-8-4-3-7(13(20)21)5-9(8)15-12(19)11-16-10(17-18-11)6-1-2-6/h3-6H,1-2H2,(H,15,19)(H,20,21)(H,16,17,18). The number of hydrogen-bond acceptors (Lipinski definition) is 4. The molecule has 7 nitrogen and oxygen atoms in total. The third-order valence-electron chi connectivity index (χ3n) is 3.13. The molecule has 3 rings (SSSR count). The number of nitrogens with one attached hydrogen (secondary N) is 2. The molecule has 1 aromatic heterocycles. The summed E-state index contributed by atoms with van der Waals surface area (Å²) in [7, 11) is 0. The molecule has 0 saturated heterocycles. The highest BCUT2D eigenvalue weighted by molar-refractivity contribution is 6.02. The van der Waals surface area contributed by atoms with E-state index in [0.29, 0.717) is 11.7 Å². The minimum Gasteiger partial charge on any atom is -0.478 e. The largest absolute Gasteiger partial charge is 0.478 e. The number of aromatic amines is 1. The fourth-order valence-electron chi connectivity index (χ4n) is 1.85. The van der Waals surface area contributed by atoms with E-state index in [4.69, 9.17) is 5.11 Å². The minimum atomic E-state index is -1.21. The highest BCUT2D eigenvalue weighted by Gasteiger charge is 2.28. The average molecular weight is 290 g/mol. The number of halogens is 1. The predicted octanol–water partition coefficient (Wildman–Crippen LogP) is 1.77. The Morgan fingerprint density at radius 3 is 2.81 bits per heavy atom. The number of anilines is 1. The second-order valence-corrected chi connectivity index (χ2v) is 4.77. The van der Waals surface area contributed by atoms with Crippen molar-refractivity contribution in [2.75, 3.05) is 5.32 Å². The zero-order chi connectivity index (χ0) is 15.0. The van der Waals surface area contributed by atoms with Gasteiger partial charge < -0.3 is 10.4 Å². The Morgan fingerprint density at radius 1 is 1.38 bits per heavy atom. The first-order chi connectivity index (χ1) is 10.0. The monoisotopic (exact) mass is 290 g/mol. The molecule has 0 unspecified atom stereocenters. The molecule has 1 aliphatic carbocycles. The van der Waals surface area contributed by atoms with Gasteiger partial charge in [0, 0.05) is 5.92 Å². The Kier molecular flexibility index (Phi) is 3.13. The molecule has 1 saturated carbocycles. The Hall–Kier alpha value is -2.77. The van der Waals surface area contributed by atoms with Crippen LogP contribution in [0.2, 0.25) is 0 Å². The summed E-state index contributed by atoms with van der Waals surface area (Å²) in [6, 6.07) is 3.14. The van der Waals surface area contributed by atoms with E-state index in [1.54, 1.807) is 0 Å². The van der Waals surface area contributed by atoms with Gasteiger partial charge in [-0.2, -0.15) is 0 Å². The van der Waals surface area contributed by atoms with Crippen molar-refractivity contribution in [1.29, 1.82) is 0 Å². The molecule has 1 amide bonds. The summed E-state index contributed by atoms with van der Waals surface area (Å²) in [6.07, 6.45) is 2.01. The lowest BCUT2D eigenvalue weighted by Crippen LogP contribution is -2.15. The van der Waals surface area contributed by atoms with Crippen LogP contribution in [0.3, 0.4) is 0 Å². The predicted molar refractivity (Wildman–Crippen MR) is 69.7 cm³/mol. The van der Waals surface area contributed by atoms with E-state index in [1.165, 1.54) is 0 Å². The quantitative estimate of drug-likeness (QED) is 0.795. The van der Waals surface area contributed by atoms with Gasteiger partial charge in [0.25, 0.3) is 5.91 Å². The van der Waals surface area contributed by atoms with Gasteiger partial charge in [-0.15, -0.1) is 5.10 Å². The first-order valence-electron chi connectivity index (χ1n) is 6.31. The third-order valence-corrected chi connectivity index (χ3v) is 3.13. The van der Waals surface area contributed by atoms with Crippen LogP contribution in [0.4, 0.5) is 10.1 Å². The molecule has 8 heteroatoms. The number of aromatic nitrogens is 3. The third kappa shape index (κ3) is 2.73. The van der Waals surface area contributed by atoms with Crippen LogP contribution in [0, 0.1) is 5.82 Å². The number of carbonyl (C=O) groups excluding carboxylic acids is 1. The molecule has 108 valence electrons. The maximum Gasteiger partial charge on any atom is 0.335 e. The van der Waals surface area contributed by atoms with Crippen molar-refractivity contribution in [3.63, 3.8) is 0 Å². The van der Waals surface area contributed by atoms with E-state index in [0.717, 1.165) is 31.0 Å². The van der Waals surface area contributed by atoms with Crippen LogP contribution in [0.1, 0.15) is 45.6 Å². The Labute approximate surface area is 118 Å². The lowest BCUT2D eigenvalue weighted by molar-refractivity contribution is 0.0696. The van der Waals surface area contributed by atoms with Crippen molar-refractivity contribution in [2.45, 2.75) is 18.8 Å². The van der Waals surface area contributed by atoms with Crippen molar-refractivity contribution >= 4 is 17.6 Å². The van der Waals surface area contributed by atoms with Gasteiger partial charge in [0.1, 0.15) is 11.6 Å². The molecular weight excluding hydrogens is 279 g/mol. The summed E-state index contributed by atoms with van der Waals surface area (Å²) in [4.78, 5) is 26.8. The van der Waals surface area contributed by atoms with E-state index < -0.39 is 17.7 Å². The molecule has 1 aromatic carbocycles. The van der Waals surface area contributed by atoms with Crippen LogP contribution in [0.5, 0.6) is 0 Å². The Bertz CT molecular complexity index is 724. The number of carboxylic acids is 1. The number of benzene rings is 1. The fraction of sp³-hybridized carbons (Fsp3) is 0.231. The van der Waals surface area contributed by atoms with Gasteiger partial charge in [-0.25, -0.2) is 14.2 Å². The zero-order valence-electron chi connectivity index (χ0n) is 10.8. The number of amides is 1. The van der Waals surface area contributed by atoms with Crippen molar-refractivity contribution in [2.24, 2.45) is 0 Å². The SMILES string of the molecule is O=C(O)c1ccc(F)c(NC(=O)c2n[nH]c(C3CC3)n2)c1. The molecular formula is C13H11FN4O3. The minimum absolute atomic E-state index is 0.1000. The highest BCUT2D eigenvalue weighted by atomic mass is 19.1. The molecule has 0 atom stereocenters. The van der Waals surface area contributed by atoms with Gasteiger partial charge >= 0.3 is 5.97 Å². The summed E-state index contributed by atoms with van der Waals surface area (Å²) in [6.45, 7) is 0. The lowest BCUT2D eigenvalue weighted by atomic mass is 10.2. The molecule has 3 N–H and O–H groups in total. The first kappa shape index (κ1) is 13.2. The maximum atomic E-state index is 13.6. The molecule has 1 heterocycles. The van der Waals surface area contributed by atoms with Gasteiger partial charge in [0.15, 0.2) is 0 Å². The maximum absolute atomic E-state index is 13.6. The van der Waals surface area contributed by atoms with Gasteiger partial charge in [0.2, 0.25) is 5.82 Å². The summed E-state index contributed by atoms with van der Waals surface area (Å²) in [5.41, 5.74) is -0.349. The zero-order valence-corrected chi connectivity index (χ0v) is 10.8. The number of rotatable bonds is 4. The lowest BCUT2D eigenvalue weighted by Gasteiger charge is -2.05. The van der Waals surface area contributed by atoms with E-state index in [-0.39, 0.29) is 17.1 Å². The number of nitrogens with zero attached hydrogens (tertiary/aromatic N) is 2. The second kappa shape index (κ2) is 4.97. The van der Waals surface area contributed by atoms with E-state index in [1.807, 2.05) is 0 Å². The average Bonchev–Trinajstić information content (AvgIpc) is 3.18. The Balaban J connectivity index is 1.79. The summed E-state index contributed by atoms with van der Waals surface area (Å²) in [5.74, 6) is -1.78. The van der Waals surface area contributed by atoms with Crippen molar-refractivity contribution in [1.82, 2.24) is 15.2 Å². The molecule has 0 aliphatic heterocycles. The van der Waals surface area contributed by atoms with Gasteiger partial charge in [0.05, 0.1) is 11.3 Å². The molecule has 0 spiro atoms. The van der Waals surface area contributed by atoms with Gasteiger partial charge in [-0.3, -0.25) is 9.89 Å². The van der Waals surface area contributed by atoms with E-state index >= 15 is 0 Å². The molecule has 1 fully saturated rings. The fourth-order valence-corrected chi connectivity index (χ4v) is 1.85. The molecule has 1 aliphatic rings. The smallest absolute Gasteiger partial charge is 0.335 e. The van der Waals surface area contributed by atoms with Crippen molar-refractivity contribution < 1.29 is 19.1 Å². The van der Waals surface area contributed by atoms with Gasteiger partial charge in [-0.05, 0) is 31.0 Å². The Morgan fingerprint density at radius 2 is 2.14 bits per heavy atom. The highest BCUT2D eigenvalue weighted by Crippen LogP contribution is 2.37. The van der Waals surface area contributed by atoms with Crippen LogP contribution >= 0.6 is 0 Å². The number of H-pyrrole nitrogens is 1. The number of hydrogen-bond donors (Lipinski definition) is 3. The molecule has 0 bridgehead atoms. The number of aromatic carboxylic acids is 1. The molecule has 2 aromatic rings.